The molecule has 0 aliphatic carbocycles. The van der Waals surface area contributed by atoms with E-state index in [0.29, 0.717) is 6.61 Å². The molecule has 1 aromatic carbocycles. The maximum absolute atomic E-state index is 8.52. The van der Waals surface area contributed by atoms with E-state index in [0.717, 1.165) is 6.61 Å². The second-order valence-electron chi connectivity index (χ2n) is 5.90. The molecule has 5 nitrogen and oxygen atoms in total. The van der Waals surface area contributed by atoms with E-state index in [9.17, 15) is 0 Å². The lowest BCUT2D eigenvalue weighted by molar-refractivity contribution is 0.0405. The molecule has 3 unspecified atom stereocenters. The number of aliphatic hydroxyl groups excluding tert-OH is 1. The zero-order valence-electron chi connectivity index (χ0n) is 12.9. The predicted octanol–water partition coefficient (Wildman–Crippen LogP) is 1.80. The Kier molecular flexibility index (Phi) is 5.67. The number of rotatable bonds is 5. The first-order valence-corrected chi connectivity index (χ1v) is 8.16. The van der Waals surface area contributed by atoms with Gasteiger partial charge < -0.3 is 24.2 Å². The van der Waals surface area contributed by atoms with Crippen molar-refractivity contribution in [3.05, 3.63) is 30.3 Å². The molecule has 3 saturated heterocycles. The number of anilines is 1. The smallest absolute Gasteiger partial charge is 0.186 e. The Morgan fingerprint density at radius 2 is 1.86 bits per heavy atom. The minimum Gasteiger partial charge on any atom is -0.393 e. The molecular formula is C17H25NO4. The van der Waals surface area contributed by atoms with E-state index < -0.39 is 0 Å². The van der Waals surface area contributed by atoms with Crippen LogP contribution in [0.3, 0.4) is 0 Å². The molecular weight excluding hydrogens is 282 g/mol. The van der Waals surface area contributed by atoms with Crippen LogP contribution in [-0.4, -0.2) is 56.5 Å². The van der Waals surface area contributed by atoms with Gasteiger partial charge in [0.25, 0.3) is 0 Å². The molecule has 0 amide bonds. The molecule has 22 heavy (non-hydrogen) atoms. The van der Waals surface area contributed by atoms with E-state index in [4.69, 9.17) is 19.3 Å². The number of aliphatic hydroxyl groups is 1. The van der Waals surface area contributed by atoms with Gasteiger partial charge in [-0.1, -0.05) is 18.2 Å². The molecule has 0 aromatic heterocycles. The lowest BCUT2D eigenvalue weighted by atomic mass is 10.1. The average molecular weight is 307 g/mol. The summed E-state index contributed by atoms with van der Waals surface area (Å²) in [5, 5.41) is 8.52. The normalized spacial score (nSPS) is 29.5. The predicted molar refractivity (Wildman–Crippen MR) is 83.9 cm³/mol. The number of hydrogen-bond donors (Lipinski definition) is 1. The number of ether oxygens (including phenoxy) is 3. The van der Waals surface area contributed by atoms with Crippen LogP contribution in [0.1, 0.15) is 19.3 Å². The van der Waals surface area contributed by atoms with Gasteiger partial charge in [-0.25, -0.2) is 0 Å². The molecule has 0 bridgehead atoms. The SMILES string of the molecule is OCC1OC1OCC1CO1.c1ccc(N2CCCCC2)cc1. The fraction of sp³-hybridized carbons (Fsp3) is 0.647. The molecule has 4 rings (SSSR count). The number of para-hydroxylation sites is 1. The van der Waals surface area contributed by atoms with Crippen LogP contribution in [0.2, 0.25) is 0 Å². The summed E-state index contributed by atoms with van der Waals surface area (Å²) >= 11 is 0. The zero-order valence-corrected chi connectivity index (χ0v) is 12.9. The average Bonchev–Trinajstić information content (AvgIpc) is 3.49. The fourth-order valence-corrected chi connectivity index (χ4v) is 2.56. The minimum atomic E-state index is -0.172. The number of epoxide rings is 2. The van der Waals surface area contributed by atoms with Crippen LogP contribution in [0.4, 0.5) is 5.69 Å². The van der Waals surface area contributed by atoms with Crippen LogP contribution in [-0.2, 0) is 14.2 Å². The Bertz CT molecular complexity index is 432. The van der Waals surface area contributed by atoms with Gasteiger partial charge in [-0.15, -0.1) is 0 Å². The van der Waals surface area contributed by atoms with E-state index >= 15 is 0 Å². The van der Waals surface area contributed by atoms with Gasteiger partial charge in [0.1, 0.15) is 12.2 Å². The first-order chi connectivity index (χ1) is 10.9. The highest BCUT2D eigenvalue weighted by Crippen LogP contribution is 2.24. The topological polar surface area (TPSA) is 57.8 Å². The summed E-state index contributed by atoms with van der Waals surface area (Å²) in [6.07, 6.45) is 4.14. The lowest BCUT2D eigenvalue weighted by Gasteiger charge is -2.28. The van der Waals surface area contributed by atoms with Gasteiger partial charge in [-0.3, -0.25) is 0 Å². The molecule has 5 heteroatoms. The molecule has 3 fully saturated rings. The Labute approximate surface area is 131 Å². The van der Waals surface area contributed by atoms with Crippen molar-refractivity contribution in [1.29, 1.82) is 0 Å². The summed E-state index contributed by atoms with van der Waals surface area (Å²) in [7, 11) is 0. The summed E-state index contributed by atoms with van der Waals surface area (Å²) in [5.41, 5.74) is 1.39. The fourth-order valence-electron chi connectivity index (χ4n) is 2.56. The minimum absolute atomic E-state index is 0.0518. The van der Waals surface area contributed by atoms with Gasteiger partial charge in [0, 0.05) is 18.8 Å². The number of benzene rings is 1. The van der Waals surface area contributed by atoms with Crippen molar-refractivity contribution in [1.82, 2.24) is 0 Å². The van der Waals surface area contributed by atoms with Crippen molar-refractivity contribution >= 4 is 5.69 Å². The molecule has 122 valence electrons. The maximum atomic E-state index is 8.52. The van der Waals surface area contributed by atoms with Crippen LogP contribution < -0.4 is 4.90 Å². The first kappa shape index (κ1) is 15.7. The summed E-state index contributed by atoms with van der Waals surface area (Å²) < 4.78 is 15.0. The summed E-state index contributed by atoms with van der Waals surface area (Å²) in [4.78, 5) is 2.48. The Balaban J connectivity index is 0.000000133. The number of hydrogen-bond acceptors (Lipinski definition) is 5. The Hall–Kier alpha value is -1.14. The van der Waals surface area contributed by atoms with E-state index in [-0.39, 0.29) is 25.1 Å². The summed E-state index contributed by atoms with van der Waals surface area (Å²) in [6, 6.07) is 10.7. The van der Waals surface area contributed by atoms with Crippen LogP contribution in [0, 0.1) is 0 Å². The molecule has 0 radical (unpaired) electrons. The molecule has 1 aromatic rings. The molecule has 0 spiro atoms. The van der Waals surface area contributed by atoms with Gasteiger partial charge in [-0.05, 0) is 31.4 Å². The second-order valence-corrected chi connectivity index (χ2v) is 5.90. The van der Waals surface area contributed by atoms with Crippen molar-refractivity contribution in [2.75, 3.05) is 37.8 Å². The van der Waals surface area contributed by atoms with Crippen molar-refractivity contribution < 1.29 is 19.3 Å². The number of nitrogens with zero attached hydrogens (tertiary/aromatic N) is 1. The highest BCUT2D eigenvalue weighted by atomic mass is 16.8. The van der Waals surface area contributed by atoms with Crippen molar-refractivity contribution in [2.45, 2.75) is 37.8 Å². The molecule has 3 aliphatic rings. The largest absolute Gasteiger partial charge is 0.393 e. The standard InChI is InChI=1S/C11H15N.C6H10O4/c1-3-7-11(8-4-1)12-9-5-2-6-10-12;7-1-5-6(10-5)9-3-4-2-8-4/h1,3-4,7-8H,2,5-6,9-10H2;4-7H,1-3H2. The van der Waals surface area contributed by atoms with Gasteiger partial charge in [0.2, 0.25) is 0 Å². The van der Waals surface area contributed by atoms with E-state index in [1.54, 1.807) is 0 Å². The molecule has 0 saturated carbocycles. The lowest BCUT2D eigenvalue weighted by Crippen LogP contribution is -2.29. The van der Waals surface area contributed by atoms with Gasteiger partial charge in [-0.2, -0.15) is 0 Å². The molecule has 3 atom stereocenters. The quantitative estimate of drug-likeness (QED) is 0.841. The maximum Gasteiger partial charge on any atom is 0.186 e. The van der Waals surface area contributed by atoms with Crippen LogP contribution in [0.25, 0.3) is 0 Å². The molecule has 3 heterocycles. The summed E-state index contributed by atoms with van der Waals surface area (Å²) in [6.45, 7) is 3.93. The van der Waals surface area contributed by atoms with E-state index in [2.05, 4.69) is 35.2 Å². The second kappa shape index (κ2) is 7.92. The summed E-state index contributed by atoms with van der Waals surface area (Å²) in [5.74, 6) is 0. The van der Waals surface area contributed by atoms with Crippen molar-refractivity contribution in [3.63, 3.8) is 0 Å². The van der Waals surface area contributed by atoms with E-state index in [1.165, 1.54) is 38.0 Å². The van der Waals surface area contributed by atoms with E-state index in [1.807, 2.05) is 0 Å². The van der Waals surface area contributed by atoms with Crippen LogP contribution in [0.5, 0.6) is 0 Å². The Morgan fingerprint density at radius 3 is 2.45 bits per heavy atom. The van der Waals surface area contributed by atoms with Crippen molar-refractivity contribution in [3.8, 4) is 0 Å². The van der Waals surface area contributed by atoms with Crippen LogP contribution >= 0.6 is 0 Å². The van der Waals surface area contributed by atoms with Crippen LogP contribution in [0.15, 0.2) is 30.3 Å². The Morgan fingerprint density at radius 1 is 1.14 bits per heavy atom. The first-order valence-electron chi connectivity index (χ1n) is 8.16. The monoisotopic (exact) mass is 307 g/mol. The highest BCUT2D eigenvalue weighted by molar-refractivity contribution is 5.46. The third-order valence-electron chi connectivity index (χ3n) is 4.04. The molecule has 1 N–H and O–H groups in total. The van der Waals surface area contributed by atoms with Gasteiger partial charge in [0.05, 0.1) is 19.8 Å². The zero-order chi connectivity index (χ0) is 15.2. The molecule has 3 aliphatic heterocycles. The van der Waals surface area contributed by atoms with Gasteiger partial charge in [0.15, 0.2) is 6.29 Å². The highest BCUT2D eigenvalue weighted by Gasteiger charge is 2.40. The third-order valence-corrected chi connectivity index (χ3v) is 4.04. The third kappa shape index (κ3) is 4.95. The van der Waals surface area contributed by atoms with Gasteiger partial charge >= 0.3 is 0 Å². The van der Waals surface area contributed by atoms with Crippen molar-refractivity contribution in [2.24, 2.45) is 0 Å². The number of piperidine rings is 1.